The average molecular weight is 355 g/mol. The van der Waals surface area contributed by atoms with Gasteiger partial charge in [0.05, 0.1) is 7.11 Å². The van der Waals surface area contributed by atoms with Crippen molar-refractivity contribution >= 4 is 17.7 Å². The summed E-state index contributed by atoms with van der Waals surface area (Å²) in [6, 6.07) is 0. The summed E-state index contributed by atoms with van der Waals surface area (Å²) in [5, 5.41) is 0. The van der Waals surface area contributed by atoms with Gasteiger partial charge in [-0.15, -0.1) is 5.73 Å². The Balaban J connectivity index is 3.19. The molecule has 2 nitrogen and oxygen atoms in total. The van der Waals surface area contributed by atoms with Crippen LogP contribution in [-0.4, -0.2) is 24.6 Å². The normalized spacial score (nSPS) is 10.2. The summed E-state index contributed by atoms with van der Waals surface area (Å²) in [7, 11) is 1.43. The van der Waals surface area contributed by atoms with Crippen molar-refractivity contribution in [1.82, 2.24) is 0 Å². The first-order chi connectivity index (χ1) is 11.8. The number of carbonyl (C=O) groups is 1. The lowest BCUT2D eigenvalue weighted by Crippen LogP contribution is -1.98. The predicted octanol–water partition coefficient (Wildman–Crippen LogP) is 6.70. The highest BCUT2D eigenvalue weighted by Gasteiger charge is 1.96. The molecule has 0 bridgehead atoms. The van der Waals surface area contributed by atoms with Gasteiger partial charge in [0.2, 0.25) is 0 Å². The third kappa shape index (κ3) is 19.4. The van der Waals surface area contributed by atoms with Crippen LogP contribution in [0.1, 0.15) is 90.4 Å². The summed E-state index contributed by atoms with van der Waals surface area (Å²) in [6.07, 6.45) is 20.4. The number of carbonyl (C=O) groups excluding carboxylic acids is 1. The number of unbranched alkanes of at least 4 members (excludes halogenated alkanes) is 10. The van der Waals surface area contributed by atoms with E-state index in [1.54, 1.807) is 0 Å². The molecule has 0 N–H and O–H groups in total. The van der Waals surface area contributed by atoms with Crippen molar-refractivity contribution in [3.05, 3.63) is 17.9 Å². The SMILES string of the molecule is CCCCCCCCCCCCSCC=C=CCCCC(=O)OC. The van der Waals surface area contributed by atoms with Crippen LogP contribution in [0, 0.1) is 0 Å². The quantitative estimate of drug-likeness (QED) is 0.165. The molecular formula is C21H38O2S. The maximum atomic E-state index is 10.9. The molecule has 24 heavy (non-hydrogen) atoms. The molecule has 0 aliphatic heterocycles. The lowest BCUT2D eigenvalue weighted by Gasteiger charge is -2.02. The molecule has 0 aromatic carbocycles. The Hall–Kier alpha value is -0.660. The average Bonchev–Trinajstić information content (AvgIpc) is 2.60. The maximum absolute atomic E-state index is 10.9. The van der Waals surface area contributed by atoms with Crippen LogP contribution in [0.5, 0.6) is 0 Å². The zero-order chi connectivity index (χ0) is 17.7. The number of hydrogen-bond donors (Lipinski definition) is 0. The molecule has 0 amide bonds. The minimum absolute atomic E-state index is 0.126. The van der Waals surface area contributed by atoms with Crippen LogP contribution < -0.4 is 0 Å². The highest BCUT2D eigenvalue weighted by atomic mass is 32.2. The van der Waals surface area contributed by atoms with Crippen LogP contribution in [0.15, 0.2) is 17.9 Å². The van der Waals surface area contributed by atoms with Crippen LogP contribution in [0.4, 0.5) is 0 Å². The Morgan fingerprint density at radius 1 is 0.917 bits per heavy atom. The molecule has 0 aliphatic carbocycles. The van der Waals surface area contributed by atoms with Crippen molar-refractivity contribution in [3.63, 3.8) is 0 Å². The largest absolute Gasteiger partial charge is 0.469 e. The lowest BCUT2D eigenvalue weighted by atomic mass is 10.1. The molecule has 0 aromatic heterocycles. The highest BCUT2D eigenvalue weighted by molar-refractivity contribution is 7.99. The molecule has 0 aromatic rings. The van der Waals surface area contributed by atoms with Crippen molar-refractivity contribution < 1.29 is 9.53 Å². The number of hydrogen-bond acceptors (Lipinski definition) is 3. The first-order valence-corrected chi connectivity index (χ1v) is 11.0. The molecule has 0 rings (SSSR count). The van der Waals surface area contributed by atoms with E-state index in [-0.39, 0.29) is 5.97 Å². The van der Waals surface area contributed by atoms with E-state index in [9.17, 15) is 4.79 Å². The number of rotatable bonds is 17. The van der Waals surface area contributed by atoms with Crippen LogP contribution >= 0.6 is 11.8 Å². The second kappa shape index (κ2) is 20.4. The minimum atomic E-state index is -0.126. The Kier molecular flexibility index (Phi) is 19.8. The number of thioether (sulfide) groups is 1. The van der Waals surface area contributed by atoms with Crippen LogP contribution in [0.25, 0.3) is 0 Å². The topological polar surface area (TPSA) is 26.3 Å². The highest BCUT2D eigenvalue weighted by Crippen LogP contribution is 2.12. The van der Waals surface area contributed by atoms with E-state index in [4.69, 9.17) is 0 Å². The fourth-order valence-corrected chi connectivity index (χ4v) is 3.29. The van der Waals surface area contributed by atoms with Gasteiger partial charge in [0.15, 0.2) is 0 Å². The lowest BCUT2D eigenvalue weighted by molar-refractivity contribution is -0.140. The van der Waals surface area contributed by atoms with Crippen molar-refractivity contribution in [2.75, 3.05) is 18.6 Å². The Bertz CT molecular complexity index is 333. The second-order valence-electron chi connectivity index (χ2n) is 6.30. The molecule has 0 atom stereocenters. The van der Waals surface area contributed by atoms with E-state index in [2.05, 4.69) is 23.5 Å². The third-order valence-electron chi connectivity index (χ3n) is 4.04. The molecule has 0 radical (unpaired) electrons. The van der Waals surface area contributed by atoms with Crippen LogP contribution in [0.2, 0.25) is 0 Å². The summed E-state index contributed by atoms with van der Waals surface area (Å²) in [5.74, 6) is 2.18. The Morgan fingerprint density at radius 2 is 1.54 bits per heavy atom. The predicted molar refractivity (Wildman–Crippen MR) is 108 cm³/mol. The summed E-state index contributed by atoms with van der Waals surface area (Å²) < 4.78 is 4.60. The van der Waals surface area contributed by atoms with E-state index in [0.29, 0.717) is 6.42 Å². The zero-order valence-corrected chi connectivity index (χ0v) is 16.8. The van der Waals surface area contributed by atoms with Crippen LogP contribution in [-0.2, 0) is 9.53 Å². The second-order valence-corrected chi connectivity index (χ2v) is 7.45. The minimum Gasteiger partial charge on any atom is -0.469 e. The standard InChI is InChI=1S/C21H38O2S/c1-3-4-5-6-7-8-9-10-13-16-19-24-20-17-14-11-12-15-18-21(22)23-2/h11,17H,3-10,12-13,15-16,18-20H2,1-2H3. The summed E-state index contributed by atoms with van der Waals surface area (Å²) >= 11 is 1.99. The molecule has 0 unspecified atom stereocenters. The monoisotopic (exact) mass is 354 g/mol. The van der Waals surface area contributed by atoms with E-state index in [0.717, 1.165) is 18.6 Å². The van der Waals surface area contributed by atoms with Gasteiger partial charge in [-0.05, 0) is 37.2 Å². The Morgan fingerprint density at radius 3 is 2.17 bits per heavy atom. The van der Waals surface area contributed by atoms with Crippen molar-refractivity contribution in [2.45, 2.75) is 90.4 Å². The molecular weight excluding hydrogens is 316 g/mol. The number of esters is 1. The number of ether oxygens (including phenoxy) is 1. The maximum Gasteiger partial charge on any atom is 0.305 e. The van der Waals surface area contributed by atoms with Gasteiger partial charge in [0, 0.05) is 12.2 Å². The van der Waals surface area contributed by atoms with E-state index in [1.165, 1.54) is 77.1 Å². The zero-order valence-electron chi connectivity index (χ0n) is 16.0. The number of methoxy groups -OCH3 is 1. The molecule has 0 fully saturated rings. The summed E-state index contributed by atoms with van der Waals surface area (Å²) in [6.45, 7) is 2.28. The fourth-order valence-electron chi connectivity index (χ4n) is 2.50. The first-order valence-electron chi connectivity index (χ1n) is 9.85. The summed E-state index contributed by atoms with van der Waals surface area (Å²) in [4.78, 5) is 10.9. The van der Waals surface area contributed by atoms with Crippen molar-refractivity contribution in [1.29, 1.82) is 0 Å². The molecule has 0 aliphatic rings. The van der Waals surface area contributed by atoms with Gasteiger partial charge in [0.1, 0.15) is 0 Å². The van der Waals surface area contributed by atoms with Crippen molar-refractivity contribution in [2.24, 2.45) is 0 Å². The van der Waals surface area contributed by atoms with Gasteiger partial charge >= 0.3 is 5.97 Å². The van der Waals surface area contributed by atoms with Gasteiger partial charge in [-0.1, -0.05) is 64.7 Å². The molecule has 3 heteroatoms. The van der Waals surface area contributed by atoms with Gasteiger partial charge in [0.25, 0.3) is 0 Å². The smallest absolute Gasteiger partial charge is 0.305 e. The molecule has 0 saturated carbocycles. The molecule has 0 heterocycles. The van der Waals surface area contributed by atoms with Crippen molar-refractivity contribution in [3.8, 4) is 0 Å². The van der Waals surface area contributed by atoms with Gasteiger partial charge in [-0.3, -0.25) is 4.79 Å². The van der Waals surface area contributed by atoms with Gasteiger partial charge in [-0.2, -0.15) is 11.8 Å². The van der Waals surface area contributed by atoms with Gasteiger partial charge < -0.3 is 4.74 Å². The summed E-state index contributed by atoms with van der Waals surface area (Å²) in [5.41, 5.74) is 3.19. The fraction of sp³-hybridized carbons (Fsp3) is 0.810. The van der Waals surface area contributed by atoms with E-state index < -0.39 is 0 Å². The Labute approximate surface area is 154 Å². The molecule has 140 valence electrons. The van der Waals surface area contributed by atoms with Crippen LogP contribution in [0.3, 0.4) is 0 Å². The third-order valence-corrected chi connectivity index (χ3v) is 5.02. The van der Waals surface area contributed by atoms with E-state index >= 15 is 0 Å². The van der Waals surface area contributed by atoms with Gasteiger partial charge in [-0.25, -0.2) is 0 Å². The molecule has 0 spiro atoms. The van der Waals surface area contributed by atoms with E-state index in [1.807, 2.05) is 17.8 Å². The molecule has 0 saturated heterocycles. The first kappa shape index (κ1) is 23.3.